The molecule has 21 heavy (non-hydrogen) atoms. The van der Waals surface area contributed by atoms with Crippen molar-refractivity contribution < 1.29 is 14.3 Å². The fourth-order valence-corrected chi connectivity index (χ4v) is 1.83. The van der Waals surface area contributed by atoms with Gasteiger partial charge in [-0.3, -0.25) is 0 Å². The average Bonchev–Trinajstić information content (AvgIpc) is 3.00. The Bertz CT molecular complexity index is 552. The number of hydrogen-bond donors (Lipinski definition) is 3. The molecular weight excluding hydrogens is 270 g/mol. The number of nitrogens with one attached hydrogen (secondary N) is 2. The standard InChI is InChI=1S/C15H19N3O3/c1-11(6-8-19)10-17-15(20)18-13-4-2-12(3-5-13)14-16-7-9-21-14/h2-5,7,9,11,19H,6,8,10H2,1H3,(H2,17,18,20). The van der Waals surface area contributed by atoms with E-state index < -0.39 is 0 Å². The van der Waals surface area contributed by atoms with E-state index in [1.165, 1.54) is 6.26 Å². The molecule has 1 unspecified atom stereocenters. The highest BCUT2D eigenvalue weighted by molar-refractivity contribution is 5.89. The SMILES string of the molecule is CC(CCO)CNC(=O)Nc1ccc(-c2ncco2)cc1. The van der Waals surface area contributed by atoms with Gasteiger partial charge in [0.1, 0.15) is 6.26 Å². The largest absolute Gasteiger partial charge is 0.445 e. The minimum atomic E-state index is -0.260. The predicted molar refractivity (Wildman–Crippen MR) is 79.8 cm³/mol. The summed E-state index contributed by atoms with van der Waals surface area (Å²) in [4.78, 5) is 15.8. The second-order valence-corrected chi connectivity index (χ2v) is 4.87. The van der Waals surface area contributed by atoms with Crippen LogP contribution in [0.3, 0.4) is 0 Å². The van der Waals surface area contributed by atoms with Gasteiger partial charge in [-0.15, -0.1) is 0 Å². The lowest BCUT2D eigenvalue weighted by Gasteiger charge is -2.12. The molecule has 0 radical (unpaired) electrons. The summed E-state index contributed by atoms with van der Waals surface area (Å²) in [5.74, 6) is 0.789. The number of anilines is 1. The smallest absolute Gasteiger partial charge is 0.319 e. The van der Waals surface area contributed by atoms with E-state index in [4.69, 9.17) is 9.52 Å². The summed E-state index contributed by atoms with van der Waals surface area (Å²) in [5.41, 5.74) is 1.54. The van der Waals surface area contributed by atoms with Crippen LogP contribution in [0, 0.1) is 5.92 Å². The van der Waals surface area contributed by atoms with Gasteiger partial charge in [0.2, 0.25) is 5.89 Å². The first-order valence-corrected chi connectivity index (χ1v) is 6.84. The monoisotopic (exact) mass is 289 g/mol. The van der Waals surface area contributed by atoms with Gasteiger partial charge in [0, 0.05) is 24.4 Å². The number of carbonyl (C=O) groups is 1. The summed E-state index contributed by atoms with van der Waals surface area (Å²) >= 11 is 0. The van der Waals surface area contributed by atoms with Crippen molar-refractivity contribution in [3.63, 3.8) is 0 Å². The lowest BCUT2D eigenvalue weighted by Crippen LogP contribution is -2.32. The molecular formula is C15H19N3O3. The van der Waals surface area contributed by atoms with Crippen LogP contribution in [0.15, 0.2) is 41.1 Å². The highest BCUT2D eigenvalue weighted by Crippen LogP contribution is 2.19. The highest BCUT2D eigenvalue weighted by atomic mass is 16.3. The van der Waals surface area contributed by atoms with E-state index in [0.717, 1.165) is 5.56 Å². The quantitative estimate of drug-likeness (QED) is 0.762. The van der Waals surface area contributed by atoms with Gasteiger partial charge < -0.3 is 20.2 Å². The van der Waals surface area contributed by atoms with E-state index in [1.54, 1.807) is 18.3 Å². The van der Waals surface area contributed by atoms with Gasteiger partial charge in [-0.05, 0) is 36.6 Å². The highest BCUT2D eigenvalue weighted by Gasteiger charge is 2.06. The Balaban J connectivity index is 1.84. The van der Waals surface area contributed by atoms with Gasteiger partial charge in [0.25, 0.3) is 0 Å². The van der Waals surface area contributed by atoms with E-state index >= 15 is 0 Å². The van der Waals surface area contributed by atoms with Crippen LogP contribution in [0.5, 0.6) is 0 Å². The molecule has 6 heteroatoms. The number of rotatable bonds is 6. The molecule has 0 aliphatic carbocycles. The Kier molecular flexibility index (Phi) is 5.34. The Morgan fingerprint density at radius 3 is 2.76 bits per heavy atom. The van der Waals surface area contributed by atoms with Crippen molar-refractivity contribution >= 4 is 11.7 Å². The Hall–Kier alpha value is -2.34. The molecule has 6 nitrogen and oxygen atoms in total. The second kappa shape index (κ2) is 7.44. The van der Waals surface area contributed by atoms with E-state index in [0.29, 0.717) is 24.5 Å². The van der Waals surface area contributed by atoms with Crippen molar-refractivity contribution in [2.24, 2.45) is 5.92 Å². The van der Waals surface area contributed by atoms with Crippen molar-refractivity contribution in [1.29, 1.82) is 0 Å². The van der Waals surface area contributed by atoms with Crippen LogP contribution in [-0.4, -0.2) is 29.3 Å². The van der Waals surface area contributed by atoms with E-state index in [9.17, 15) is 4.79 Å². The summed E-state index contributed by atoms with van der Waals surface area (Å²) in [6, 6.07) is 6.97. The first kappa shape index (κ1) is 15.1. The van der Waals surface area contributed by atoms with Gasteiger partial charge in [-0.25, -0.2) is 9.78 Å². The number of nitrogens with zero attached hydrogens (tertiary/aromatic N) is 1. The number of oxazole rings is 1. The molecule has 0 saturated heterocycles. The molecule has 1 heterocycles. The maximum atomic E-state index is 11.7. The fourth-order valence-electron chi connectivity index (χ4n) is 1.83. The minimum Gasteiger partial charge on any atom is -0.445 e. The topological polar surface area (TPSA) is 87.4 Å². The van der Waals surface area contributed by atoms with Crippen LogP contribution in [0.25, 0.3) is 11.5 Å². The van der Waals surface area contributed by atoms with Crippen LogP contribution < -0.4 is 10.6 Å². The molecule has 0 fully saturated rings. The van der Waals surface area contributed by atoms with Crippen LogP contribution >= 0.6 is 0 Å². The molecule has 0 aliphatic heterocycles. The maximum Gasteiger partial charge on any atom is 0.319 e. The lowest BCUT2D eigenvalue weighted by atomic mass is 10.1. The van der Waals surface area contributed by atoms with Crippen molar-refractivity contribution in [2.75, 3.05) is 18.5 Å². The molecule has 0 saturated carbocycles. The van der Waals surface area contributed by atoms with Crippen LogP contribution in [0.1, 0.15) is 13.3 Å². The van der Waals surface area contributed by atoms with E-state index in [1.807, 2.05) is 19.1 Å². The Morgan fingerprint density at radius 2 is 2.14 bits per heavy atom. The van der Waals surface area contributed by atoms with Crippen LogP contribution in [0.4, 0.5) is 10.5 Å². The van der Waals surface area contributed by atoms with Gasteiger partial charge in [-0.2, -0.15) is 0 Å². The number of aliphatic hydroxyl groups excluding tert-OH is 1. The molecule has 1 atom stereocenters. The van der Waals surface area contributed by atoms with Crippen molar-refractivity contribution in [1.82, 2.24) is 10.3 Å². The first-order chi connectivity index (χ1) is 10.2. The maximum absolute atomic E-state index is 11.7. The lowest BCUT2D eigenvalue weighted by molar-refractivity contribution is 0.243. The predicted octanol–water partition coefficient (Wildman–Crippen LogP) is 2.48. The number of aromatic nitrogens is 1. The van der Waals surface area contributed by atoms with Crippen LogP contribution in [-0.2, 0) is 0 Å². The average molecular weight is 289 g/mol. The van der Waals surface area contributed by atoms with E-state index in [-0.39, 0.29) is 18.6 Å². The Morgan fingerprint density at radius 1 is 1.38 bits per heavy atom. The third-order valence-electron chi connectivity index (χ3n) is 3.06. The molecule has 2 aromatic rings. The summed E-state index contributed by atoms with van der Waals surface area (Å²) in [7, 11) is 0. The molecule has 2 rings (SSSR count). The molecule has 0 spiro atoms. The molecule has 1 aromatic carbocycles. The van der Waals surface area contributed by atoms with Crippen molar-refractivity contribution in [3.8, 4) is 11.5 Å². The summed E-state index contributed by atoms with van der Waals surface area (Å²) in [5, 5.41) is 14.3. The van der Waals surface area contributed by atoms with Gasteiger partial charge >= 0.3 is 6.03 Å². The number of carbonyl (C=O) groups excluding carboxylic acids is 1. The van der Waals surface area contributed by atoms with E-state index in [2.05, 4.69) is 15.6 Å². The van der Waals surface area contributed by atoms with Crippen molar-refractivity contribution in [2.45, 2.75) is 13.3 Å². The van der Waals surface area contributed by atoms with Crippen molar-refractivity contribution in [3.05, 3.63) is 36.7 Å². The fraction of sp³-hybridized carbons (Fsp3) is 0.333. The normalized spacial score (nSPS) is 11.9. The number of aliphatic hydroxyl groups is 1. The summed E-state index contributed by atoms with van der Waals surface area (Å²) < 4.78 is 5.20. The number of benzene rings is 1. The third kappa shape index (κ3) is 4.61. The summed E-state index contributed by atoms with van der Waals surface area (Å²) in [6.45, 7) is 2.63. The van der Waals surface area contributed by atoms with Gasteiger partial charge in [-0.1, -0.05) is 6.92 Å². The molecule has 0 aliphatic rings. The zero-order valence-electron chi connectivity index (χ0n) is 11.9. The first-order valence-electron chi connectivity index (χ1n) is 6.84. The second-order valence-electron chi connectivity index (χ2n) is 4.87. The number of amides is 2. The zero-order chi connectivity index (χ0) is 15.1. The van der Waals surface area contributed by atoms with Gasteiger partial charge in [0.15, 0.2) is 0 Å². The zero-order valence-corrected chi connectivity index (χ0v) is 11.9. The minimum absolute atomic E-state index is 0.132. The molecule has 1 aromatic heterocycles. The number of urea groups is 1. The summed E-state index contributed by atoms with van der Waals surface area (Å²) in [6.07, 6.45) is 3.77. The number of hydrogen-bond acceptors (Lipinski definition) is 4. The van der Waals surface area contributed by atoms with Gasteiger partial charge in [0.05, 0.1) is 6.20 Å². The molecule has 2 amide bonds. The van der Waals surface area contributed by atoms with Crippen LogP contribution in [0.2, 0.25) is 0 Å². The molecule has 3 N–H and O–H groups in total. The Labute approximate surface area is 123 Å². The third-order valence-corrected chi connectivity index (χ3v) is 3.06. The molecule has 0 bridgehead atoms. The molecule has 112 valence electrons.